The van der Waals surface area contributed by atoms with Gasteiger partial charge in [-0.1, -0.05) is 17.3 Å². The third kappa shape index (κ3) is 3.24. The average molecular weight is 402 g/mol. The topological polar surface area (TPSA) is 98.1 Å². The molecule has 5 aromatic rings. The maximum Gasteiger partial charge on any atom is 0.246 e. The smallest absolute Gasteiger partial charge is 0.246 e. The van der Waals surface area contributed by atoms with Gasteiger partial charge >= 0.3 is 0 Å². The van der Waals surface area contributed by atoms with Crippen LogP contribution in [0, 0.1) is 5.82 Å². The predicted octanol–water partition coefficient (Wildman–Crippen LogP) is 3.01. The molecule has 4 aromatic heterocycles. The highest BCUT2D eigenvalue weighted by molar-refractivity contribution is 5.60. The van der Waals surface area contributed by atoms with Crippen LogP contribution >= 0.6 is 0 Å². The van der Waals surface area contributed by atoms with E-state index in [1.54, 1.807) is 42.7 Å². The molecule has 0 aliphatic rings. The predicted molar refractivity (Wildman–Crippen MR) is 106 cm³/mol. The molecule has 0 unspecified atom stereocenters. The van der Waals surface area contributed by atoms with Crippen LogP contribution in [-0.2, 0) is 6.54 Å². The fourth-order valence-corrected chi connectivity index (χ4v) is 3.01. The SMILES string of the molecule is CN(Cc1nc(-c2cccnc2)no1)c1ccc2nnc(-c3ccccc3F)n2n1. The molecule has 0 N–H and O–H groups in total. The van der Waals surface area contributed by atoms with Crippen molar-refractivity contribution in [3.8, 4) is 22.8 Å². The zero-order chi connectivity index (χ0) is 20.5. The van der Waals surface area contributed by atoms with Crippen LogP contribution in [0.15, 0.2) is 65.4 Å². The van der Waals surface area contributed by atoms with Crippen molar-refractivity contribution in [3.63, 3.8) is 0 Å². The first-order valence-corrected chi connectivity index (χ1v) is 9.10. The Morgan fingerprint density at radius 3 is 2.80 bits per heavy atom. The highest BCUT2D eigenvalue weighted by Crippen LogP contribution is 2.22. The number of pyridine rings is 1. The molecule has 4 heterocycles. The summed E-state index contributed by atoms with van der Waals surface area (Å²) in [5, 5.41) is 16.7. The van der Waals surface area contributed by atoms with Crippen LogP contribution in [0.4, 0.5) is 10.2 Å². The minimum absolute atomic E-state index is 0.329. The lowest BCUT2D eigenvalue weighted by atomic mass is 10.2. The summed E-state index contributed by atoms with van der Waals surface area (Å²) in [6.07, 6.45) is 3.35. The third-order valence-electron chi connectivity index (χ3n) is 4.51. The molecule has 0 aliphatic carbocycles. The molecule has 0 spiro atoms. The van der Waals surface area contributed by atoms with Crippen molar-refractivity contribution in [1.82, 2.24) is 34.9 Å². The minimum Gasteiger partial charge on any atom is -0.349 e. The lowest BCUT2D eigenvalue weighted by molar-refractivity contribution is 0.378. The van der Waals surface area contributed by atoms with Crippen LogP contribution in [-0.4, -0.2) is 42.0 Å². The lowest BCUT2D eigenvalue weighted by Crippen LogP contribution is -2.19. The van der Waals surface area contributed by atoms with E-state index in [-0.39, 0.29) is 5.82 Å². The van der Waals surface area contributed by atoms with Crippen molar-refractivity contribution >= 4 is 11.5 Å². The van der Waals surface area contributed by atoms with Gasteiger partial charge in [0.15, 0.2) is 11.5 Å². The van der Waals surface area contributed by atoms with Crippen LogP contribution in [0.5, 0.6) is 0 Å². The zero-order valence-corrected chi connectivity index (χ0v) is 15.8. The second-order valence-electron chi connectivity index (χ2n) is 6.57. The second kappa shape index (κ2) is 7.32. The lowest BCUT2D eigenvalue weighted by Gasteiger charge is -2.15. The minimum atomic E-state index is -0.388. The van der Waals surface area contributed by atoms with Gasteiger partial charge in [-0.25, -0.2) is 4.39 Å². The maximum atomic E-state index is 14.2. The molecule has 5 rings (SSSR count). The number of halogens is 1. The second-order valence-corrected chi connectivity index (χ2v) is 6.57. The Hall–Kier alpha value is -4.21. The van der Waals surface area contributed by atoms with Crippen LogP contribution in [0.3, 0.4) is 0 Å². The summed E-state index contributed by atoms with van der Waals surface area (Å²) >= 11 is 0. The largest absolute Gasteiger partial charge is 0.349 e. The van der Waals surface area contributed by atoms with E-state index in [2.05, 4.69) is 30.4 Å². The Morgan fingerprint density at radius 1 is 1.07 bits per heavy atom. The van der Waals surface area contributed by atoms with Gasteiger partial charge in [-0.2, -0.15) is 9.50 Å². The van der Waals surface area contributed by atoms with E-state index < -0.39 is 0 Å². The first-order chi connectivity index (χ1) is 14.7. The van der Waals surface area contributed by atoms with Gasteiger partial charge < -0.3 is 9.42 Å². The molecule has 10 heteroatoms. The summed E-state index contributed by atoms with van der Waals surface area (Å²) in [5.41, 5.74) is 1.62. The summed E-state index contributed by atoms with van der Waals surface area (Å²) in [5.74, 6) is 1.45. The van der Waals surface area contributed by atoms with E-state index in [0.29, 0.717) is 41.1 Å². The molecule has 1 aromatic carbocycles. The molecule has 0 atom stereocenters. The van der Waals surface area contributed by atoms with Crippen LogP contribution < -0.4 is 4.90 Å². The van der Waals surface area contributed by atoms with Gasteiger partial charge in [0.25, 0.3) is 0 Å². The van der Waals surface area contributed by atoms with E-state index in [0.717, 1.165) is 5.56 Å². The quantitative estimate of drug-likeness (QED) is 0.442. The first kappa shape index (κ1) is 17.9. The van der Waals surface area contributed by atoms with E-state index >= 15 is 0 Å². The molecular formula is C20H15FN8O. The van der Waals surface area contributed by atoms with Gasteiger partial charge in [0.05, 0.1) is 12.1 Å². The van der Waals surface area contributed by atoms with Crippen molar-refractivity contribution in [1.29, 1.82) is 0 Å². The van der Waals surface area contributed by atoms with Gasteiger partial charge in [0.2, 0.25) is 11.7 Å². The average Bonchev–Trinajstić information content (AvgIpc) is 3.41. The van der Waals surface area contributed by atoms with Crippen LogP contribution in [0.1, 0.15) is 5.89 Å². The molecule has 0 saturated heterocycles. The first-order valence-electron chi connectivity index (χ1n) is 9.10. The fourth-order valence-electron chi connectivity index (χ4n) is 3.01. The summed E-state index contributed by atoms with van der Waals surface area (Å²) in [4.78, 5) is 10.3. The van der Waals surface area contributed by atoms with Crippen molar-refractivity contribution < 1.29 is 8.91 Å². The van der Waals surface area contributed by atoms with E-state index in [4.69, 9.17) is 4.52 Å². The van der Waals surface area contributed by atoms with Gasteiger partial charge in [0.1, 0.15) is 11.6 Å². The number of nitrogens with zero attached hydrogens (tertiary/aromatic N) is 8. The summed E-state index contributed by atoms with van der Waals surface area (Å²) < 4.78 is 21.1. The molecule has 9 nitrogen and oxygen atoms in total. The Bertz CT molecular complexity index is 1320. The molecule has 0 bridgehead atoms. The van der Waals surface area contributed by atoms with Crippen molar-refractivity contribution in [3.05, 3.63) is 72.6 Å². The fraction of sp³-hybridized carbons (Fsp3) is 0.100. The third-order valence-corrected chi connectivity index (χ3v) is 4.51. The number of hydrogen-bond donors (Lipinski definition) is 0. The zero-order valence-electron chi connectivity index (χ0n) is 15.8. The molecule has 0 amide bonds. The van der Waals surface area contributed by atoms with E-state index in [1.807, 2.05) is 24.1 Å². The molecule has 0 radical (unpaired) electrons. The maximum absolute atomic E-state index is 14.2. The Labute approximate surface area is 169 Å². The monoisotopic (exact) mass is 402 g/mol. The van der Waals surface area contributed by atoms with Crippen LogP contribution in [0.25, 0.3) is 28.4 Å². The molecule has 0 aliphatic heterocycles. The van der Waals surface area contributed by atoms with Crippen molar-refractivity contribution in [2.75, 3.05) is 11.9 Å². The summed E-state index contributed by atoms with van der Waals surface area (Å²) in [7, 11) is 1.84. The Morgan fingerprint density at radius 2 is 1.97 bits per heavy atom. The Balaban J connectivity index is 1.43. The summed E-state index contributed by atoms with van der Waals surface area (Å²) in [6.45, 7) is 0.336. The highest BCUT2D eigenvalue weighted by Gasteiger charge is 2.16. The van der Waals surface area contributed by atoms with E-state index in [9.17, 15) is 4.39 Å². The molecule has 0 saturated carbocycles. The van der Waals surface area contributed by atoms with Gasteiger partial charge in [-0.15, -0.1) is 15.3 Å². The molecule has 30 heavy (non-hydrogen) atoms. The van der Waals surface area contributed by atoms with Crippen molar-refractivity contribution in [2.24, 2.45) is 0 Å². The van der Waals surface area contributed by atoms with Gasteiger partial charge in [0, 0.05) is 25.0 Å². The number of fused-ring (bicyclic) bond motifs is 1. The van der Waals surface area contributed by atoms with Crippen LogP contribution in [0.2, 0.25) is 0 Å². The van der Waals surface area contributed by atoms with E-state index in [1.165, 1.54) is 10.6 Å². The standard InChI is InChI=1S/C20H15FN8O/c1-28(12-18-23-19(27-30-18)13-5-4-10-22-11-13)17-9-8-16-24-25-20(29(16)26-17)14-6-2-3-7-15(14)21/h2-11H,12H2,1H3. The molecule has 0 fully saturated rings. The normalized spacial score (nSPS) is 11.1. The number of rotatable bonds is 5. The molecular weight excluding hydrogens is 387 g/mol. The van der Waals surface area contributed by atoms with Gasteiger partial charge in [-0.3, -0.25) is 4.98 Å². The number of hydrogen-bond acceptors (Lipinski definition) is 8. The molecule has 148 valence electrons. The van der Waals surface area contributed by atoms with Crippen molar-refractivity contribution in [2.45, 2.75) is 6.54 Å². The summed E-state index contributed by atoms with van der Waals surface area (Å²) in [6, 6.07) is 13.6. The highest BCUT2D eigenvalue weighted by atomic mass is 19.1. The Kier molecular flexibility index (Phi) is 4.36. The number of anilines is 1. The number of benzene rings is 1. The van der Waals surface area contributed by atoms with Gasteiger partial charge in [-0.05, 0) is 36.4 Å². The number of aromatic nitrogens is 7.